The van der Waals surface area contributed by atoms with Crippen molar-refractivity contribution in [2.24, 2.45) is 0 Å². The maximum Gasteiger partial charge on any atom is 0.243 e. The predicted molar refractivity (Wildman–Crippen MR) is 93.6 cm³/mol. The molecule has 0 saturated carbocycles. The van der Waals surface area contributed by atoms with E-state index in [-0.39, 0.29) is 16.8 Å². The number of aromatic nitrogens is 3. The molecule has 0 N–H and O–H groups in total. The summed E-state index contributed by atoms with van der Waals surface area (Å²) in [7, 11) is -3.58. The molecule has 1 aromatic heterocycles. The monoisotopic (exact) mass is 386 g/mol. The van der Waals surface area contributed by atoms with Crippen LogP contribution in [0.5, 0.6) is 0 Å². The number of benzene rings is 1. The molecule has 2 aromatic rings. The number of rotatable bonds is 5. The summed E-state index contributed by atoms with van der Waals surface area (Å²) in [6.07, 6.45) is 3.23. The Morgan fingerprint density at radius 3 is 2.59 bits per heavy atom. The fraction of sp³-hybridized carbons (Fsp3) is 0.412. The average Bonchev–Trinajstić information content (AvgIpc) is 3.23. The van der Waals surface area contributed by atoms with Gasteiger partial charge in [0.25, 0.3) is 0 Å². The first-order chi connectivity index (χ1) is 13.0. The average molecular weight is 386 g/mol. The Bertz CT molecular complexity index is 1000. The maximum atomic E-state index is 12.6. The summed E-state index contributed by atoms with van der Waals surface area (Å²) in [4.78, 5) is 13.6. The highest BCUT2D eigenvalue weighted by molar-refractivity contribution is 7.89. The van der Waals surface area contributed by atoms with Crippen molar-refractivity contribution >= 4 is 15.9 Å². The SMILES string of the molecule is N#Cc1ccc(S(=O)(=O)N2CC(n3cc(CN4CCCC4=O)nn3)C2)cc1. The number of amides is 1. The van der Waals surface area contributed by atoms with Gasteiger partial charge in [-0.15, -0.1) is 5.10 Å². The topological polar surface area (TPSA) is 112 Å². The smallest absolute Gasteiger partial charge is 0.243 e. The Hall–Kier alpha value is -2.77. The second-order valence-electron chi connectivity index (χ2n) is 6.72. The third-order valence-corrected chi connectivity index (χ3v) is 6.75. The number of sulfonamides is 1. The van der Waals surface area contributed by atoms with Crippen molar-refractivity contribution in [3.8, 4) is 6.07 Å². The fourth-order valence-electron chi connectivity index (χ4n) is 3.26. The number of hydrogen-bond acceptors (Lipinski definition) is 6. The van der Waals surface area contributed by atoms with E-state index >= 15 is 0 Å². The van der Waals surface area contributed by atoms with E-state index in [9.17, 15) is 13.2 Å². The molecular formula is C17H18N6O3S. The van der Waals surface area contributed by atoms with Gasteiger partial charge in [0.05, 0.1) is 35.3 Å². The molecule has 2 fully saturated rings. The quantitative estimate of drug-likeness (QED) is 0.740. The highest BCUT2D eigenvalue weighted by atomic mass is 32.2. The molecule has 0 unspecified atom stereocenters. The molecule has 10 heteroatoms. The van der Waals surface area contributed by atoms with Gasteiger partial charge in [0.1, 0.15) is 5.69 Å². The van der Waals surface area contributed by atoms with Gasteiger partial charge in [-0.05, 0) is 30.7 Å². The minimum Gasteiger partial charge on any atom is -0.337 e. The minimum absolute atomic E-state index is 0.0753. The van der Waals surface area contributed by atoms with E-state index in [4.69, 9.17) is 5.26 Å². The summed E-state index contributed by atoms with van der Waals surface area (Å²) in [5, 5.41) is 17.0. The lowest BCUT2D eigenvalue weighted by Gasteiger charge is -2.37. The van der Waals surface area contributed by atoms with Gasteiger partial charge in [-0.2, -0.15) is 9.57 Å². The summed E-state index contributed by atoms with van der Waals surface area (Å²) in [6.45, 7) is 1.81. The van der Waals surface area contributed by atoms with E-state index < -0.39 is 10.0 Å². The number of likely N-dealkylation sites (tertiary alicyclic amines) is 1. The number of hydrogen-bond donors (Lipinski definition) is 0. The zero-order valence-electron chi connectivity index (χ0n) is 14.5. The highest BCUT2D eigenvalue weighted by Gasteiger charge is 2.38. The van der Waals surface area contributed by atoms with Gasteiger partial charge in [-0.1, -0.05) is 5.21 Å². The van der Waals surface area contributed by atoms with Crippen LogP contribution in [0.2, 0.25) is 0 Å². The lowest BCUT2D eigenvalue weighted by atomic mass is 10.2. The van der Waals surface area contributed by atoms with Crippen LogP contribution in [0.3, 0.4) is 0 Å². The molecule has 0 bridgehead atoms. The predicted octanol–water partition coefficient (Wildman–Crippen LogP) is 0.518. The first kappa shape index (κ1) is 17.6. The first-order valence-electron chi connectivity index (χ1n) is 8.66. The second kappa shape index (κ2) is 6.75. The number of nitriles is 1. The molecule has 2 saturated heterocycles. The highest BCUT2D eigenvalue weighted by Crippen LogP contribution is 2.28. The molecule has 2 aliphatic rings. The molecule has 140 valence electrons. The number of carbonyl (C=O) groups excluding carboxylic acids is 1. The fourth-order valence-corrected chi connectivity index (χ4v) is 4.78. The van der Waals surface area contributed by atoms with Crippen molar-refractivity contribution in [3.63, 3.8) is 0 Å². The van der Waals surface area contributed by atoms with Gasteiger partial charge < -0.3 is 4.90 Å². The van der Waals surface area contributed by atoms with E-state index in [1.54, 1.807) is 15.8 Å². The Kier molecular flexibility index (Phi) is 4.41. The summed E-state index contributed by atoms with van der Waals surface area (Å²) >= 11 is 0. The minimum atomic E-state index is -3.58. The molecule has 4 rings (SSSR count). The molecule has 3 heterocycles. The summed E-state index contributed by atoms with van der Waals surface area (Å²) in [5.74, 6) is 0.132. The normalized spacial score (nSPS) is 18.5. The van der Waals surface area contributed by atoms with Crippen LogP contribution in [0.4, 0.5) is 0 Å². The Labute approximate surface area is 156 Å². The lowest BCUT2D eigenvalue weighted by molar-refractivity contribution is -0.128. The largest absolute Gasteiger partial charge is 0.337 e. The van der Waals surface area contributed by atoms with E-state index in [0.29, 0.717) is 37.3 Å². The summed E-state index contributed by atoms with van der Waals surface area (Å²) < 4.78 is 28.3. The second-order valence-corrected chi connectivity index (χ2v) is 8.66. The standard InChI is InChI=1S/C17H18N6O3S/c18-8-13-3-5-16(6-4-13)27(25,26)22-11-15(12-22)23-10-14(19-20-23)9-21-7-1-2-17(21)24/h3-6,10,15H,1-2,7,9,11-12H2. The molecule has 0 atom stereocenters. The molecule has 27 heavy (non-hydrogen) atoms. The van der Waals surface area contributed by atoms with Crippen LogP contribution in [-0.4, -0.2) is 58.2 Å². The summed E-state index contributed by atoms with van der Waals surface area (Å²) in [6, 6.07) is 7.77. The molecule has 0 radical (unpaired) electrons. The Morgan fingerprint density at radius 2 is 1.96 bits per heavy atom. The van der Waals surface area contributed by atoms with E-state index in [0.717, 1.165) is 13.0 Å². The van der Waals surface area contributed by atoms with Crippen LogP contribution in [0, 0.1) is 11.3 Å². The van der Waals surface area contributed by atoms with Gasteiger partial charge in [0.2, 0.25) is 15.9 Å². The lowest BCUT2D eigenvalue weighted by Crippen LogP contribution is -2.50. The van der Waals surface area contributed by atoms with Crippen LogP contribution in [-0.2, 0) is 21.4 Å². The van der Waals surface area contributed by atoms with Gasteiger partial charge in [-0.25, -0.2) is 13.1 Å². The van der Waals surface area contributed by atoms with Gasteiger partial charge in [0, 0.05) is 26.1 Å². The number of nitrogens with zero attached hydrogens (tertiary/aromatic N) is 6. The van der Waals surface area contributed by atoms with E-state index in [2.05, 4.69) is 10.3 Å². The maximum absolute atomic E-state index is 12.6. The van der Waals surface area contributed by atoms with Gasteiger partial charge >= 0.3 is 0 Å². The zero-order valence-corrected chi connectivity index (χ0v) is 15.3. The van der Waals surface area contributed by atoms with E-state index in [1.165, 1.54) is 28.6 Å². The van der Waals surface area contributed by atoms with Crippen LogP contribution in [0.25, 0.3) is 0 Å². The van der Waals surface area contributed by atoms with Crippen molar-refractivity contribution in [1.82, 2.24) is 24.2 Å². The van der Waals surface area contributed by atoms with Crippen molar-refractivity contribution < 1.29 is 13.2 Å². The molecule has 1 amide bonds. The van der Waals surface area contributed by atoms with Crippen LogP contribution < -0.4 is 0 Å². The molecule has 2 aliphatic heterocycles. The van der Waals surface area contributed by atoms with Gasteiger partial charge in [0.15, 0.2) is 0 Å². The molecule has 0 aliphatic carbocycles. The molecule has 1 aromatic carbocycles. The zero-order chi connectivity index (χ0) is 19.0. The Morgan fingerprint density at radius 1 is 1.22 bits per heavy atom. The van der Waals surface area contributed by atoms with Crippen molar-refractivity contribution in [2.75, 3.05) is 19.6 Å². The molecule has 0 spiro atoms. The van der Waals surface area contributed by atoms with Crippen molar-refractivity contribution in [1.29, 1.82) is 5.26 Å². The summed E-state index contributed by atoms with van der Waals surface area (Å²) in [5.41, 5.74) is 1.13. The van der Waals surface area contributed by atoms with Crippen molar-refractivity contribution in [3.05, 3.63) is 41.7 Å². The number of carbonyl (C=O) groups is 1. The third-order valence-electron chi connectivity index (χ3n) is 4.91. The first-order valence-corrected chi connectivity index (χ1v) is 10.1. The molecular weight excluding hydrogens is 368 g/mol. The van der Waals surface area contributed by atoms with Crippen molar-refractivity contribution in [2.45, 2.75) is 30.3 Å². The third kappa shape index (κ3) is 3.31. The van der Waals surface area contributed by atoms with Crippen LogP contribution >= 0.6 is 0 Å². The molecule has 9 nitrogen and oxygen atoms in total. The van der Waals surface area contributed by atoms with Crippen LogP contribution in [0.1, 0.15) is 30.1 Å². The van der Waals surface area contributed by atoms with Gasteiger partial charge in [-0.3, -0.25) is 4.79 Å². The van der Waals surface area contributed by atoms with Crippen LogP contribution in [0.15, 0.2) is 35.4 Å². The Balaban J connectivity index is 1.39. The van der Waals surface area contributed by atoms with E-state index in [1.807, 2.05) is 6.07 Å².